The van der Waals surface area contributed by atoms with Crippen LogP contribution in [0.3, 0.4) is 0 Å². The smallest absolute Gasteiger partial charge is 0.000719 e. The number of fused-ring (bicyclic) bond motifs is 20. The lowest BCUT2D eigenvalue weighted by atomic mass is 9.81. The zero-order valence-electron chi connectivity index (χ0n) is 51.2. The number of allylic oxidation sites excluding steroid dienone is 1. The third-order valence-corrected chi connectivity index (χ3v) is 20.4. The van der Waals surface area contributed by atoms with Gasteiger partial charge >= 0.3 is 0 Å². The van der Waals surface area contributed by atoms with Crippen LogP contribution in [0.4, 0.5) is 0 Å². The van der Waals surface area contributed by atoms with E-state index in [-0.39, 0.29) is 0 Å². The molecule has 0 fully saturated rings. The van der Waals surface area contributed by atoms with E-state index in [1.807, 2.05) is 0 Å². The molecular formula is C90H61OP. The first kappa shape index (κ1) is 54.2. The molecule has 0 spiro atoms. The Labute approximate surface area is 537 Å². The van der Waals surface area contributed by atoms with Gasteiger partial charge in [-0.1, -0.05) is 267 Å². The third kappa shape index (κ3) is 7.99. The van der Waals surface area contributed by atoms with Crippen molar-refractivity contribution in [3.63, 3.8) is 0 Å². The second-order valence-corrected chi connectivity index (χ2v) is 25.2. The maximum atomic E-state index is 6.92. The average molecular weight is 1190 g/mol. The Hall–Kier alpha value is -10.8. The summed E-state index contributed by atoms with van der Waals surface area (Å²) in [4.78, 5) is 6.92. The Morgan fingerprint density at radius 2 is 0.685 bits per heavy atom. The second-order valence-electron chi connectivity index (χ2n) is 25.2. The molecule has 17 aromatic rings. The van der Waals surface area contributed by atoms with Crippen molar-refractivity contribution >= 4 is 112 Å². The van der Waals surface area contributed by atoms with Crippen LogP contribution in [-0.2, 0) is 6.42 Å². The Balaban J connectivity index is 0.000000134. The molecule has 0 amide bonds. The Bertz CT molecular complexity index is 6000. The lowest BCUT2D eigenvalue weighted by molar-refractivity contribution is 0.664. The lowest BCUT2D eigenvalue weighted by Gasteiger charge is -2.21. The summed E-state index contributed by atoms with van der Waals surface area (Å²) in [6.45, 7) is 4.49. The van der Waals surface area contributed by atoms with E-state index in [0.29, 0.717) is 0 Å². The van der Waals surface area contributed by atoms with Crippen LogP contribution in [0.1, 0.15) is 28.7 Å². The van der Waals surface area contributed by atoms with E-state index in [2.05, 4.69) is 305 Å². The lowest BCUT2D eigenvalue weighted by Crippen LogP contribution is -1.98. The SMILES string of the molecule is C1=Cc2c(c3ccccc3c3cc4cc5c6c(cccc6c4cc23)-c2c-5c(-c3ccccc3)c3ccccc3c2-c2ccccc2)CC1.Cc1cc2c(-c3ccccc3)c3c(c(-c4ccccc4)c2cc1C)-c1cc2ccc4ccccc4c2c2cccc-3c12.OP. The predicted molar refractivity (Wildman–Crippen MR) is 400 cm³/mol. The van der Waals surface area contributed by atoms with Gasteiger partial charge in [-0.15, -0.1) is 0 Å². The van der Waals surface area contributed by atoms with E-state index >= 15 is 0 Å². The first-order chi connectivity index (χ1) is 45.5. The quantitative estimate of drug-likeness (QED) is 0.106. The van der Waals surface area contributed by atoms with Crippen molar-refractivity contribution in [2.45, 2.75) is 26.7 Å². The Morgan fingerprint density at radius 1 is 0.261 bits per heavy atom. The molecule has 2 heteroatoms. The van der Waals surface area contributed by atoms with E-state index in [1.54, 1.807) is 0 Å². The standard InChI is InChI=1S/C48H30.C42H28.H3OP/c1-3-14-29(15-4-1)44-36-22-11-12-23-37(36)45(30-16-5-2-6-17-30)48-43-27-31-26-41-34-20-9-7-18-32(34)33-19-8-10-21-35(33)42(41)28-40(31)38-24-13-25-39(46(38)43)47(44)48;1-25-22-34-35(23-26(25)2)39(29-15-7-4-8-16-29)42-36-24-30-21-20-27-12-9-10-17-31(27)37(30)32-18-11-19-33(40(32)36)41(42)38(34)28-13-5-3-6-14-28;1-2/h1-7,9-18,20-28H,8,19H2;3-24H,1-2H3;1H,2H2. The zero-order valence-corrected chi connectivity index (χ0v) is 52.3. The number of hydrogen-bond acceptors (Lipinski definition) is 1. The van der Waals surface area contributed by atoms with Crippen LogP contribution in [0.25, 0.3) is 192 Å². The number of benzene rings is 17. The number of hydrogen-bond donors (Lipinski definition) is 1. The molecule has 0 radical (unpaired) electrons. The molecule has 0 aromatic heterocycles. The minimum absolute atomic E-state index is 1.09. The summed E-state index contributed by atoms with van der Waals surface area (Å²) in [7, 11) is 1.42. The highest BCUT2D eigenvalue weighted by molar-refractivity contribution is 7.08. The maximum Gasteiger partial charge on any atom is -0.000719 e. The number of aryl methyl sites for hydroxylation is 3. The molecular weight excluding hydrogens is 1130 g/mol. The maximum absolute atomic E-state index is 6.92. The van der Waals surface area contributed by atoms with E-state index < -0.39 is 0 Å². The molecule has 432 valence electrons. The normalized spacial score (nSPS) is 12.4. The molecule has 3 aliphatic rings. The molecule has 1 nitrogen and oxygen atoms in total. The van der Waals surface area contributed by atoms with Crippen molar-refractivity contribution < 1.29 is 4.89 Å². The Kier molecular flexibility index (Phi) is 12.6. The van der Waals surface area contributed by atoms with Gasteiger partial charge < -0.3 is 4.89 Å². The van der Waals surface area contributed by atoms with Crippen LogP contribution in [0.2, 0.25) is 0 Å². The van der Waals surface area contributed by atoms with Crippen molar-refractivity contribution in [3.8, 4) is 89.0 Å². The molecule has 0 bridgehead atoms. The predicted octanol–water partition coefficient (Wildman–Crippen LogP) is 25.1. The summed E-state index contributed by atoms with van der Waals surface area (Å²) < 4.78 is 0. The molecule has 3 aliphatic carbocycles. The highest BCUT2D eigenvalue weighted by atomic mass is 31.0. The van der Waals surface area contributed by atoms with Gasteiger partial charge in [-0.25, -0.2) is 0 Å². The number of rotatable bonds is 4. The van der Waals surface area contributed by atoms with Crippen molar-refractivity contribution in [2.24, 2.45) is 0 Å². The molecule has 92 heavy (non-hydrogen) atoms. The first-order valence-electron chi connectivity index (χ1n) is 32.1. The topological polar surface area (TPSA) is 20.2 Å². The van der Waals surface area contributed by atoms with Gasteiger partial charge in [-0.05, 0) is 269 Å². The van der Waals surface area contributed by atoms with E-state index in [9.17, 15) is 0 Å². The molecule has 0 saturated heterocycles. The molecule has 0 heterocycles. The van der Waals surface area contributed by atoms with Gasteiger partial charge in [0.25, 0.3) is 0 Å². The van der Waals surface area contributed by atoms with Gasteiger partial charge in [0.1, 0.15) is 0 Å². The van der Waals surface area contributed by atoms with Crippen molar-refractivity contribution in [1.29, 1.82) is 0 Å². The zero-order chi connectivity index (χ0) is 61.3. The van der Waals surface area contributed by atoms with E-state index in [0.717, 1.165) is 12.8 Å². The van der Waals surface area contributed by atoms with Crippen LogP contribution in [0.15, 0.2) is 285 Å². The summed E-state index contributed by atoms with van der Waals surface area (Å²) in [5.74, 6) is 0. The molecule has 20 rings (SSSR count). The molecule has 1 atom stereocenters. The fourth-order valence-electron chi connectivity index (χ4n) is 16.6. The van der Waals surface area contributed by atoms with E-state index in [1.165, 1.54) is 218 Å². The highest BCUT2D eigenvalue weighted by Gasteiger charge is 2.34. The summed E-state index contributed by atoms with van der Waals surface area (Å²) in [5, 5.41) is 24.0. The summed E-state index contributed by atoms with van der Waals surface area (Å²) in [5.41, 5.74) is 26.7. The molecule has 1 unspecified atom stereocenters. The van der Waals surface area contributed by atoms with Crippen molar-refractivity contribution in [2.75, 3.05) is 0 Å². The van der Waals surface area contributed by atoms with Gasteiger partial charge in [0.15, 0.2) is 0 Å². The third-order valence-electron chi connectivity index (χ3n) is 20.4. The highest BCUT2D eigenvalue weighted by Crippen LogP contribution is 2.61. The van der Waals surface area contributed by atoms with Gasteiger partial charge in [-0.3, -0.25) is 0 Å². The monoisotopic (exact) mass is 1190 g/mol. The molecule has 0 saturated carbocycles. The first-order valence-corrected chi connectivity index (χ1v) is 32.6. The van der Waals surface area contributed by atoms with Crippen LogP contribution >= 0.6 is 9.47 Å². The average Bonchev–Trinajstić information content (AvgIpc) is 1.56. The molecule has 0 aliphatic heterocycles. The molecule has 1 N–H and O–H groups in total. The van der Waals surface area contributed by atoms with Crippen LogP contribution in [-0.4, -0.2) is 4.89 Å². The fraction of sp³-hybridized carbons (Fsp3) is 0.0444. The van der Waals surface area contributed by atoms with Crippen molar-refractivity contribution in [3.05, 3.63) is 307 Å². The van der Waals surface area contributed by atoms with Gasteiger partial charge in [0.05, 0.1) is 0 Å². The second kappa shape index (κ2) is 21.4. The van der Waals surface area contributed by atoms with Crippen LogP contribution < -0.4 is 0 Å². The minimum atomic E-state index is 1.09. The summed E-state index contributed by atoms with van der Waals surface area (Å²) in [6.07, 6.45) is 6.92. The summed E-state index contributed by atoms with van der Waals surface area (Å²) in [6, 6.07) is 104. The van der Waals surface area contributed by atoms with Gasteiger partial charge in [-0.2, -0.15) is 0 Å². The Morgan fingerprint density at radius 3 is 1.24 bits per heavy atom. The largest absolute Gasteiger partial charge is 0.380 e. The van der Waals surface area contributed by atoms with E-state index in [4.69, 9.17) is 4.89 Å². The molecule has 17 aromatic carbocycles. The van der Waals surface area contributed by atoms with Gasteiger partial charge in [0.2, 0.25) is 0 Å². The van der Waals surface area contributed by atoms with Crippen molar-refractivity contribution in [1.82, 2.24) is 0 Å². The minimum Gasteiger partial charge on any atom is -0.380 e. The van der Waals surface area contributed by atoms with Crippen LogP contribution in [0.5, 0.6) is 0 Å². The van der Waals surface area contributed by atoms with Crippen LogP contribution in [0, 0.1) is 13.8 Å². The summed E-state index contributed by atoms with van der Waals surface area (Å²) >= 11 is 0. The van der Waals surface area contributed by atoms with Gasteiger partial charge in [0, 0.05) is 0 Å². The fourth-order valence-corrected chi connectivity index (χ4v) is 16.6.